The van der Waals surface area contributed by atoms with Crippen molar-refractivity contribution in [3.63, 3.8) is 0 Å². The topological polar surface area (TPSA) is 120 Å². The van der Waals surface area contributed by atoms with E-state index in [1.807, 2.05) is 5.43 Å². The van der Waals surface area contributed by atoms with Crippen molar-refractivity contribution in [1.82, 2.24) is 5.43 Å². The molecule has 0 aliphatic heterocycles. The number of aliphatic carboxylic acids is 1. The standard InChI is InChI=1S/C17H13Cl2N3O5/c18-11-5-3-6-12(15(11)19)21-16(25)17(26)22-20-8-10-4-1-2-7-13(10)27-9-14(23)24/h1-8H,9H2,(H,21,25)(H,22,26)(H,23,24)/p-1/b20-8-. The number of hydrogen-bond donors (Lipinski definition) is 2. The number of carbonyl (C=O) groups is 3. The van der Waals surface area contributed by atoms with Gasteiger partial charge in [-0.15, -0.1) is 0 Å². The summed E-state index contributed by atoms with van der Waals surface area (Å²) in [5, 5.41) is 16.7. The van der Waals surface area contributed by atoms with E-state index in [0.29, 0.717) is 5.56 Å². The van der Waals surface area contributed by atoms with Crippen molar-refractivity contribution >= 4 is 52.9 Å². The third kappa shape index (κ3) is 5.98. The van der Waals surface area contributed by atoms with Gasteiger partial charge in [0.05, 0.1) is 27.9 Å². The third-order valence-electron chi connectivity index (χ3n) is 3.04. The normalized spacial score (nSPS) is 10.4. The minimum atomic E-state index is -1.38. The van der Waals surface area contributed by atoms with Gasteiger partial charge in [0.2, 0.25) is 0 Å². The Bertz CT molecular complexity index is 902. The van der Waals surface area contributed by atoms with Gasteiger partial charge in [0, 0.05) is 5.56 Å². The molecule has 0 unspecified atom stereocenters. The molecule has 140 valence electrons. The number of hydrazone groups is 1. The van der Waals surface area contributed by atoms with Crippen molar-refractivity contribution in [1.29, 1.82) is 0 Å². The van der Waals surface area contributed by atoms with E-state index in [2.05, 4.69) is 10.4 Å². The van der Waals surface area contributed by atoms with Crippen molar-refractivity contribution in [3.8, 4) is 5.75 Å². The summed E-state index contributed by atoms with van der Waals surface area (Å²) in [7, 11) is 0. The molecule has 10 heteroatoms. The molecule has 0 spiro atoms. The number of rotatable bonds is 6. The number of carboxylic acids is 1. The van der Waals surface area contributed by atoms with Crippen LogP contribution < -0.4 is 20.6 Å². The highest BCUT2D eigenvalue weighted by Crippen LogP contribution is 2.29. The molecule has 2 amide bonds. The number of amides is 2. The van der Waals surface area contributed by atoms with E-state index in [0.717, 1.165) is 0 Å². The number of carboxylic acid groups (broad SMARTS) is 1. The molecule has 0 bridgehead atoms. The molecule has 0 radical (unpaired) electrons. The number of benzene rings is 2. The first-order valence-corrected chi connectivity index (χ1v) is 8.14. The summed E-state index contributed by atoms with van der Waals surface area (Å²) in [6, 6.07) is 10.9. The smallest absolute Gasteiger partial charge is 0.329 e. The first kappa shape index (κ1) is 20.2. The minimum absolute atomic E-state index is 0.0998. The zero-order valence-corrected chi connectivity index (χ0v) is 15.1. The summed E-state index contributed by atoms with van der Waals surface area (Å²) in [5.74, 6) is -3.21. The number of carbonyl (C=O) groups excluding carboxylic acids is 3. The summed E-state index contributed by atoms with van der Waals surface area (Å²) in [4.78, 5) is 34.1. The number of hydrogen-bond acceptors (Lipinski definition) is 6. The molecule has 2 aromatic carbocycles. The van der Waals surface area contributed by atoms with Crippen LogP contribution in [0.5, 0.6) is 5.75 Å². The fourth-order valence-electron chi connectivity index (χ4n) is 1.85. The third-order valence-corrected chi connectivity index (χ3v) is 3.86. The average Bonchev–Trinajstić information content (AvgIpc) is 2.64. The number of nitrogens with one attached hydrogen (secondary N) is 2. The van der Waals surface area contributed by atoms with Gasteiger partial charge in [-0.3, -0.25) is 9.59 Å². The Morgan fingerprint density at radius 1 is 1.07 bits per heavy atom. The fourth-order valence-corrected chi connectivity index (χ4v) is 2.19. The lowest BCUT2D eigenvalue weighted by atomic mass is 10.2. The molecular formula is C17H12Cl2N3O5-. The molecule has 27 heavy (non-hydrogen) atoms. The predicted octanol–water partition coefficient (Wildman–Crippen LogP) is 1.21. The van der Waals surface area contributed by atoms with Gasteiger partial charge in [-0.1, -0.05) is 41.4 Å². The van der Waals surface area contributed by atoms with Crippen molar-refractivity contribution in [2.45, 2.75) is 0 Å². The number of halogens is 2. The number of anilines is 1. The first-order chi connectivity index (χ1) is 12.9. The molecular weight excluding hydrogens is 397 g/mol. The SMILES string of the molecule is O=C([O-])COc1ccccc1/C=N\NC(=O)C(=O)Nc1cccc(Cl)c1Cl. The van der Waals surface area contributed by atoms with Crippen molar-refractivity contribution in [2.24, 2.45) is 5.10 Å². The van der Waals surface area contributed by atoms with E-state index >= 15 is 0 Å². The summed E-state index contributed by atoms with van der Waals surface area (Å²) in [5.41, 5.74) is 2.60. The van der Waals surface area contributed by atoms with Gasteiger partial charge in [0.25, 0.3) is 0 Å². The molecule has 0 fully saturated rings. The van der Waals surface area contributed by atoms with Crippen LogP contribution in [0.3, 0.4) is 0 Å². The Hall–Kier alpha value is -3.10. The van der Waals surface area contributed by atoms with Gasteiger partial charge >= 0.3 is 11.8 Å². The van der Waals surface area contributed by atoms with Crippen LogP contribution in [0.2, 0.25) is 10.0 Å². The van der Waals surface area contributed by atoms with E-state index in [9.17, 15) is 19.5 Å². The predicted molar refractivity (Wildman–Crippen MR) is 97.8 cm³/mol. The molecule has 8 nitrogen and oxygen atoms in total. The second-order valence-electron chi connectivity index (χ2n) is 4.95. The molecule has 0 aliphatic carbocycles. The summed E-state index contributed by atoms with van der Waals surface area (Å²) < 4.78 is 5.03. The quantitative estimate of drug-likeness (QED) is 0.422. The van der Waals surface area contributed by atoms with Crippen LogP contribution in [-0.4, -0.2) is 30.6 Å². The van der Waals surface area contributed by atoms with E-state index < -0.39 is 24.4 Å². The number of ether oxygens (including phenoxy) is 1. The average molecular weight is 409 g/mol. The van der Waals surface area contributed by atoms with Crippen molar-refractivity contribution in [2.75, 3.05) is 11.9 Å². The lowest BCUT2D eigenvalue weighted by molar-refractivity contribution is -0.307. The number of para-hydroxylation sites is 1. The zero-order chi connectivity index (χ0) is 19.8. The summed E-state index contributed by atoms with van der Waals surface area (Å²) in [6.45, 7) is -0.639. The molecule has 0 atom stereocenters. The maximum Gasteiger partial charge on any atom is 0.329 e. The van der Waals surface area contributed by atoms with Crippen LogP contribution in [0.15, 0.2) is 47.6 Å². The maximum atomic E-state index is 11.9. The Labute approximate surface area is 163 Å². The zero-order valence-electron chi connectivity index (χ0n) is 13.6. The molecule has 0 heterocycles. The molecule has 2 aromatic rings. The molecule has 0 saturated heterocycles. The van der Waals surface area contributed by atoms with Crippen LogP contribution in [0, 0.1) is 0 Å². The molecule has 0 aromatic heterocycles. The Morgan fingerprint density at radius 3 is 2.56 bits per heavy atom. The van der Waals surface area contributed by atoms with Gasteiger partial charge in [0.15, 0.2) is 0 Å². The van der Waals surface area contributed by atoms with Crippen molar-refractivity contribution in [3.05, 3.63) is 58.1 Å². The van der Waals surface area contributed by atoms with Crippen LogP contribution in [-0.2, 0) is 14.4 Å². The second kappa shape index (κ2) is 9.56. The van der Waals surface area contributed by atoms with Gasteiger partial charge < -0.3 is 20.0 Å². The van der Waals surface area contributed by atoms with Crippen LogP contribution in [0.4, 0.5) is 5.69 Å². The van der Waals surface area contributed by atoms with Gasteiger partial charge in [-0.25, -0.2) is 5.43 Å². The summed E-state index contributed by atoms with van der Waals surface area (Å²) >= 11 is 11.8. The van der Waals surface area contributed by atoms with Gasteiger partial charge in [0.1, 0.15) is 12.4 Å². The molecule has 0 aliphatic rings. The molecule has 0 saturated carbocycles. The van der Waals surface area contributed by atoms with Gasteiger partial charge in [-0.2, -0.15) is 5.10 Å². The van der Waals surface area contributed by atoms with Crippen LogP contribution >= 0.6 is 23.2 Å². The lowest BCUT2D eigenvalue weighted by Crippen LogP contribution is -2.32. The highest BCUT2D eigenvalue weighted by molar-refractivity contribution is 6.45. The van der Waals surface area contributed by atoms with Crippen LogP contribution in [0.1, 0.15) is 5.56 Å². The highest BCUT2D eigenvalue weighted by Gasteiger charge is 2.15. The summed E-state index contributed by atoms with van der Waals surface area (Å²) in [6.07, 6.45) is 1.20. The largest absolute Gasteiger partial charge is 0.546 e. The number of nitrogens with zero attached hydrogens (tertiary/aromatic N) is 1. The van der Waals surface area contributed by atoms with E-state index in [4.69, 9.17) is 27.9 Å². The lowest BCUT2D eigenvalue weighted by Gasteiger charge is -2.09. The van der Waals surface area contributed by atoms with Crippen LogP contribution in [0.25, 0.3) is 0 Å². The molecule has 2 rings (SSSR count). The molecule has 2 N–H and O–H groups in total. The Kier molecular flexibility index (Phi) is 7.16. The minimum Gasteiger partial charge on any atom is -0.546 e. The van der Waals surface area contributed by atoms with E-state index in [-0.39, 0.29) is 21.5 Å². The fraction of sp³-hybridized carbons (Fsp3) is 0.0588. The second-order valence-corrected chi connectivity index (χ2v) is 5.74. The van der Waals surface area contributed by atoms with E-state index in [1.165, 1.54) is 24.4 Å². The van der Waals surface area contributed by atoms with Gasteiger partial charge in [-0.05, 0) is 24.3 Å². The monoisotopic (exact) mass is 408 g/mol. The van der Waals surface area contributed by atoms with Crippen molar-refractivity contribution < 1.29 is 24.2 Å². The first-order valence-electron chi connectivity index (χ1n) is 7.38. The highest BCUT2D eigenvalue weighted by atomic mass is 35.5. The Morgan fingerprint density at radius 2 is 1.81 bits per heavy atom. The van der Waals surface area contributed by atoms with E-state index in [1.54, 1.807) is 24.3 Å². The maximum absolute atomic E-state index is 11.9. The Balaban J connectivity index is 1.97.